The second-order valence-corrected chi connectivity index (χ2v) is 32.3. The first-order valence-corrected chi connectivity index (χ1v) is 40.4. The summed E-state index contributed by atoms with van der Waals surface area (Å²) < 4.78 is 86.8. The number of alkyl halides is 3. The first-order chi connectivity index (χ1) is 59.8. The van der Waals surface area contributed by atoms with Gasteiger partial charge in [0.15, 0.2) is 29.9 Å². The van der Waals surface area contributed by atoms with E-state index in [-0.39, 0.29) is 72.1 Å². The van der Waals surface area contributed by atoms with E-state index in [1.54, 1.807) is 49.4 Å². The number of nitrogens with one attached hydrogen (secondary N) is 9. The number of phenols is 3. The van der Waals surface area contributed by atoms with Crippen molar-refractivity contribution < 1.29 is 136 Å². The number of likely N-dealkylation sites (N-methyl/N-ethyl adjacent to an activating group) is 1. The number of amides is 7. The van der Waals surface area contributed by atoms with Gasteiger partial charge in [-0.3, -0.25) is 33.6 Å². The summed E-state index contributed by atoms with van der Waals surface area (Å²) >= 11 is 14.3. The molecule has 8 aromatic rings. The lowest BCUT2D eigenvalue weighted by Gasteiger charge is -2.48. The van der Waals surface area contributed by atoms with Crippen LogP contribution >= 0.6 is 23.2 Å². The van der Waals surface area contributed by atoms with Crippen molar-refractivity contribution in [2.45, 2.75) is 169 Å². The van der Waals surface area contributed by atoms with E-state index in [1.165, 1.54) is 32.2 Å². The molecule has 7 aliphatic heterocycles. The average molecular weight is 1790 g/mol. The number of nitrogens with zero attached hydrogens (tertiary/aromatic N) is 1. The Labute approximate surface area is 725 Å². The maximum atomic E-state index is 16.2. The molecule has 0 radical (unpaired) electrons. The van der Waals surface area contributed by atoms with E-state index in [0.29, 0.717) is 16.7 Å². The Morgan fingerprint density at radius 2 is 1.36 bits per heavy atom. The van der Waals surface area contributed by atoms with Crippen molar-refractivity contribution in [2.24, 2.45) is 11.7 Å². The van der Waals surface area contributed by atoms with Crippen LogP contribution in [0.1, 0.15) is 116 Å². The molecule has 21 N–H and O–H groups in total. The fraction of sp³-hybridized carbons (Fsp3) is 0.376. The number of aliphatic hydroxyl groups is 6. The number of ether oxygens (including phenoxy) is 7. The van der Waals surface area contributed by atoms with Crippen LogP contribution in [0.5, 0.6) is 51.7 Å². The summed E-state index contributed by atoms with van der Waals surface area (Å²) in [6, 6.07) is 13.0. The summed E-state index contributed by atoms with van der Waals surface area (Å²) in [6.45, 7) is 5.98. The molecule has 7 aromatic carbocycles. The fourth-order valence-corrected chi connectivity index (χ4v) is 15.9. The zero-order valence-electron chi connectivity index (χ0n) is 67.6. The number of carbonyl (C=O) groups excluding carboxylic acids is 7. The fourth-order valence-electron chi connectivity index (χ4n) is 15.5. The first-order valence-electron chi connectivity index (χ1n) is 39.6. The Balaban J connectivity index is 0.911. The molecule has 126 heavy (non-hydrogen) atoms. The molecule has 2 fully saturated rings. The van der Waals surface area contributed by atoms with Crippen molar-refractivity contribution in [1.82, 2.24) is 47.5 Å². The summed E-state index contributed by atoms with van der Waals surface area (Å²) in [6.07, 6.45) is -24.0. The minimum absolute atomic E-state index is 0.0311. The van der Waals surface area contributed by atoms with Gasteiger partial charge in [-0.05, 0) is 140 Å². The van der Waals surface area contributed by atoms with Crippen molar-refractivity contribution >= 4 is 87.1 Å². The van der Waals surface area contributed by atoms with Crippen LogP contribution in [0.3, 0.4) is 0 Å². The standard InChI is InChI=1S/C85H90Cl2F3N11O25/c1-35(2)22-51(92-5)76(112)100-67-69(107)39-13-18-55(47(86)24-39)122-57-26-41-27-58(73(57)126-83-74(72(110)71(109)59(34-102)124-83)125-62-32-84(4,75(111)36(3)121-62)94-33-37-10-15-43(16-11-37)120-21-20-93-50-30-60(85(88,89)90)95-49-9-7-6-8-44(49)50)123-56-19-14-40(25-48(56)87)70(108)68-81(117)99-66(82(118)119)46-28-42(103)29-54(105)63(46)45-23-38(12-17-53(45)104)64(78(114)101-68)98-79(115)65(41)97-77(113)52(31-61(91)106)96-80(67)116/h6-19,23-30,35-36,51-52,59,62,64-72,74-75,83,92,94,102-105,107-111H,20-22,31-34H2,1-5H3,(H2,91,106)(H,93,95)(H,96,116)(H,97,113)(H,98,115)(H,99,117)(H,100,112)(H,101,114)(H,118,119)/t36?,51-,52+,59?,62?,64-,65-,66-,67-,68+,69-,70-,71?,72?,74?,75?,83?,84?/m1/s1. The summed E-state index contributed by atoms with van der Waals surface area (Å²) in [5.41, 5.74) is 1.39. The van der Waals surface area contributed by atoms with Crippen LogP contribution in [-0.2, 0) is 65.3 Å². The van der Waals surface area contributed by atoms with Crippen LogP contribution in [0.25, 0.3) is 22.0 Å². The number of hydrogen-bond donors (Lipinski definition) is 20. The van der Waals surface area contributed by atoms with Crippen molar-refractivity contribution in [3.05, 3.63) is 183 Å². The predicted octanol–water partition coefficient (Wildman–Crippen LogP) is 5.00. The molecule has 7 aliphatic rings. The summed E-state index contributed by atoms with van der Waals surface area (Å²) in [7, 11) is 1.46. The number of benzene rings is 7. The number of aromatic nitrogens is 1. The predicted molar refractivity (Wildman–Crippen MR) is 439 cm³/mol. The van der Waals surface area contributed by atoms with Gasteiger partial charge >= 0.3 is 12.1 Å². The second-order valence-electron chi connectivity index (χ2n) is 31.5. The van der Waals surface area contributed by atoms with E-state index < -0.39 is 254 Å². The lowest BCUT2D eigenvalue weighted by atomic mass is 9.84. The second kappa shape index (κ2) is 38.1. The van der Waals surface area contributed by atoms with Gasteiger partial charge in [-0.15, -0.1) is 0 Å². The molecule has 9 unspecified atom stereocenters. The van der Waals surface area contributed by atoms with Crippen LogP contribution in [0.4, 0.5) is 18.9 Å². The highest BCUT2D eigenvalue weighted by Gasteiger charge is 2.53. The Hall–Kier alpha value is -12.0. The summed E-state index contributed by atoms with van der Waals surface area (Å²) in [5, 5.41) is 140. The van der Waals surface area contributed by atoms with Gasteiger partial charge in [-0.2, -0.15) is 13.2 Å². The van der Waals surface area contributed by atoms with Crippen LogP contribution in [0, 0.1) is 5.92 Å². The van der Waals surface area contributed by atoms with E-state index in [1.807, 2.05) is 13.8 Å². The largest absolute Gasteiger partial charge is 0.508 e. The third kappa shape index (κ3) is 20.1. The van der Waals surface area contributed by atoms with Crippen molar-refractivity contribution in [1.29, 1.82) is 0 Å². The Morgan fingerprint density at radius 3 is 1.99 bits per heavy atom. The molecule has 18 atom stereocenters. The number of anilines is 1. The molecule has 0 spiro atoms. The molecule has 0 saturated carbocycles. The monoisotopic (exact) mass is 1790 g/mol. The van der Waals surface area contributed by atoms with Gasteiger partial charge in [0, 0.05) is 58.9 Å². The molecule has 1 aromatic heterocycles. The smallest absolute Gasteiger partial charge is 0.433 e. The SMILES string of the molecule is CN[C@H](CC(C)C)C(=O)N[C@H]1C(=O)N[C@@H](CC(N)=O)C(=O)N[C@H]2C(=O)N[C@H]3C(=O)N[C@H](C(=O)N[C@@H](C(=O)O)c4cc(O)cc(O)c4-c4cc3ccc4O)[C@H](O)c3ccc(c(Cl)c3)Oc3cc2cc(c3OC2OC(CO)C(O)C(O)C2OC2CC(C)(NCc3ccc(OCCNc4cc(C(F)(F)F)nc5ccccc45)cc3)C(O)C(C)O2)Oc2ccc(cc2Cl)[C@H]1O. The number of aliphatic hydroxyl groups excluding tert-OH is 6. The van der Waals surface area contributed by atoms with Crippen LogP contribution < -0.4 is 72.5 Å². The lowest BCUT2D eigenvalue weighted by molar-refractivity contribution is -0.334. The number of pyridine rings is 1. The van der Waals surface area contributed by atoms with E-state index in [2.05, 4.69) is 52.8 Å². The number of hydrogen-bond acceptors (Lipinski definition) is 28. The van der Waals surface area contributed by atoms with Gasteiger partial charge in [0.1, 0.15) is 108 Å². The highest BCUT2D eigenvalue weighted by molar-refractivity contribution is 6.32. The zero-order valence-corrected chi connectivity index (χ0v) is 69.1. The molecule has 2 saturated heterocycles. The number of rotatable bonds is 21. The number of phenolic OH excluding ortho intramolecular Hbond substituents is 3. The molecule has 15 rings (SSSR count). The number of aliphatic carboxylic acids is 1. The molecule has 11 bridgehead atoms. The number of aromatic hydroxyl groups is 3. The van der Waals surface area contributed by atoms with E-state index in [9.17, 15) is 88.2 Å². The molecule has 670 valence electrons. The number of nitrogens with two attached hydrogens (primary N) is 1. The molecule has 36 nitrogen and oxygen atoms in total. The summed E-state index contributed by atoms with van der Waals surface area (Å²) in [4.78, 5) is 122. The number of primary amides is 1. The van der Waals surface area contributed by atoms with Crippen LogP contribution in [0.2, 0.25) is 10.0 Å². The van der Waals surface area contributed by atoms with Gasteiger partial charge < -0.3 is 138 Å². The van der Waals surface area contributed by atoms with Gasteiger partial charge in [-0.1, -0.05) is 85.6 Å². The minimum atomic E-state index is -4.70. The Kier molecular flexibility index (Phi) is 27.7. The van der Waals surface area contributed by atoms with Crippen molar-refractivity contribution in [3.63, 3.8) is 0 Å². The van der Waals surface area contributed by atoms with Gasteiger partial charge in [0.2, 0.25) is 53.4 Å². The molecule has 0 aliphatic carbocycles. The molecular formula is C85H90Cl2F3N11O25. The number of carboxylic acid groups (broad SMARTS) is 1. The van der Waals surface area contributed by atoms with Gasteiger partial charge in [-0.25, -0.2) is 9.78 Å². The topological polar surface area (TPSA) is 551 Å². The van der Waals surface area contributed by atoms with E-state index >= 15 is 14.4 Å². The highest BCUT2D eigenvalue weighted by atomic mass is 35.5. The number of carboxylic acids is 1. The third-order valence-electron chi connectivity index (χ3n) is 22.0. The maximum Gasteiger partial charge on any atom is 0.433 e. The lowest BCUT2D eigenvalue weighted by Crippen LogP contribution is -2.65. The van der Waals surface area contributed by atoms with E-state index in [0.717, 1.165) is 72.8 Å². The Morgan fingerprint density at radius 1 is 0.714 bits per heavy atom. The van der Waals surface area contributed by atoms with Gasteiger partial charge in [0.05, 0.1) is 46.8 Å². The average Bonchev–Trinajstić information content (AvgIpc) is 0.772. The number of fused-ring (bicyclic) bond motifs is 16. The molecule has 7 amide bonds. The molecular weight excluding hydrogens is 1700 g/mol. The number of para-hydroxylation sites is 1. The third-order valence-corrected chi connectivity index (χ3v) is 22.6. The van der Waals surface area contributed by atoms with Gasteiger partial charge in [0.25, 0.3) is 0 Å². The van der Waals surface area contributed by atoms with Crippen molar-refractivity contribution in [3.8, 4) is 62.9 Å². The van der Waals surface area contributed by atoms with Crippen molar-refractivity contribution in [2.75, 3.05) is 32.1 Å². The number of carbonyl (C=O) groups is 8. The van der Waals surface area contributed by atoms with Crippen LogP contribution in [0.15, 0.2) is 133 Å². The van der Waals surface area contributed by atoms with Crippen LogP contribution in [-0.4, -0.2) is 209 Å². The minimum Gasteiger partial charge on any atom is -0.508 e. The normalized spacial score (nSPS) is 26.0. The Bertz CT molecular complexity index is 5490. The maximum absolute atomic E-state index is 16.2. The summed E-state index contributed by atoms with van der Waals surface area (Å²) in [5.74, 6) is -16.0. The molecule has 41 heteroatoms. The zero-order chi connectivity index (χ0) is 90.8. The van der Waals surface area contributed by atoms with E-state index in [4.69, 9.17) is 62.1 Å². The molecule has 8 heterocycles. The highest BCUT2D eigenvalue weighted by Crippen LogP contribution is 2.50. The first kappa shape index (κ1) is 91.7. The quantitative estimate of drug-likeness (QED) is 0.0421. The number of halogens is 5.